The lowest BCUT2D eigenvalue weighted by Crippen LogP contribution is -2.30. The Labute approximate surface area is 158 Å². The average molecular weight is 434 g/mol. The summed E-state index contributed by atoms with van der Waals surface area (Å²) in [5.74, 6) is -0.357. The molecule has 6 nitrogen and oxygen atoms in total. The lowest BCUT2D eigenvalue weighted by Gasteiger charge is -2.06. The number of amides is 2. The molecule has 0 saturated heterocycles. The van der Waals surface area contributed by atoms with E-state index >= 15 is 0 Å². The van der Waals surface area contributed by atoms with Crippen LogP contribution in [0.5, 0.6) is 0 Å². The number of carbonyl (C=O) groups excluding carboxylic acids is 2. The topological polar surface area (TPSA) is 97.1 Å². The maximum Gasteiger partial charge on any atom is 0.270 e. The molecular weight excluding hydrogens is 416 g/mol. The predicted molar refractivity (Wildman–Crippen MR) is 101 cm³/mol. The predicted octanol–water partition coefficient (Wildman–Crippen LogP) is 2.34. The van der Waals surface area contributed by atoms with Crippen molar-refractivity contribution in [3.05, 3.63) is 50.4 Å². The van der Waals surface area contributed by atoms with Gasteiger partial charge >= 0.3 is 0 Å². The van der Waals surface area contributed by atoms with Crippen LogP contribution in [0.1, 0.15) is 32.3 Å². The monoisotopic (exact) mass is 432 g/mol. The first-order chi connectivity index (χ1) is 11.1. The first-order valence-corrected chi connectivity index (χ1v) is 8.74. The number of aromatic nitrogens is 1. The maximum absolute atomic E-state index is 11.9. The standard InChI is InChI=1S/C15H17BrN4O2S.ClH/c16-11-4-1-3-10(7-11)14(21)18-5-2-6-19-15(22)12-9-23-13(8-17)20-12;/h1,3-4,7,9H,2,5-6,8,17H2,(H,18,21)(H,19,22);1H. The Morgan fingerprint density at radius 2 is 1.92 bits per heavy atom. The van der Waals surface area contributed by atoms with Crippen molar-refractivity contribution >= 4 is 51.5 Å². The number of hydrogen-bond acceptors (Lipinski definition) is 5. The molecule has 0 spiro atoms. The molecule has 4 N–H and O–H groups in total. The molecule has 9 heteroatoms. The summed E-state index contributed by atoms with van der Waals surface area (Å²) >= 11 is 4.69. The van der Waals surface area contributed by atoms with Crippen LogP contribution >= 0.6 is 39.7 Å². The first-order valence-electron chi connectivity index (χ1n) is 7.06. The molecule has 1 aromatic carbocycles. The van der Waals surface area contributed by atoms with Crippen molar-refractivity contribution in [2.24, 2.45) is 5.73 Å². The summed E-state index contributed by atoms with van der Waals surface area (Å²) in [6.07, 6.45) is 0.638. The Kier molecular flexibility index (Phi) is 8.91. The van der Waals surface area contributed by atoms with Gasteiger partial charge in [-0.25, -0.2) is 4.98 Å². The van der Waals surface area contributed by atoms with Gasteiger partial charge in [-0.15, -0.1) is 23.7 Å². The molecule has 24 heavy (non-hydrogen) atoms. The minimum Gasteiger partial charge on any atom is -0.352 e. The van der Waals surface area contributed by atoms with Crippen LogP contribution in [0.25, 0.3) is 0 Å². The van der Waals surface area contributed by atoms with Crippen molar-refractivity contribution in [2.45, 2.75) is 13.0 Å². The van der Waals surface area contributed by atoms with Crippen LogP contribution in [0, 0.1) is 0 Å². The van der Waals surface area contributed by atoms with Gasteiger partial charge in [0.2, 0.25) is 0 Å². The van der Waals surface area contributed by atoms with Gasteiger partial charge in [0.1, 0.15) is 10.7 Å². The normalized spacial score (nSPS) is 9.92. The Morgan fingerprint density at radius 3 is 2.54 bits per heavy atom. The maximum atomic E-state index is 11.9. The molecule has 2 rings (SSSR count). The number of nitrogens with two attached hydrogens (primary N) is 1. The molecule has 1 heterocycles. The summed E-state index contributed by atoms with van der Waals surface area (Å²) in [4.78, 5) is 27.9. The number of nitrogens with zero attached hydrogens (tertiary/aromatic N) is 1. The van der Waals surface area contributed by atoms with E-state index in [0.717, 1.165) is 9.48 Å². The zero-order chi connectivity index (χ0) is 16.7. The molecule has 0 unspecified atom stereocenters. The molecule has 0 bridgehead atoms. The van der Waals surface area contributed by atoms with E-state index < -0.39 is 0 Å². The number of hydrogen-bond donors (Lipinski definition) is 3. The van der Waals surface area contributed by atoms with E-state index in [9.17, 15) is 9.59 Å². The summed E-state index contributed by atoms with van der Waals surface area (Å²) in [6, 6.07) is 7.18. The molecule has 2 amide bonds. The van der Waals surface area contributed by atoms with E-state index in [-0.39, 0.29) is 24.2 Å². The van der Waals surface area contributed by atoms with Crippen molar-refractivity contribution in [1.82, 2.24) is 15.6 Å². The summed E-state index contributed by atoms with van der Waals surface area (Å²) in [7, 11) is 0. The van der Waals surface area contributed by atoms with E-state index in [0.29, 0.717) is 37.3 Å². The molecule has 0 fully saturated rings. The SMILES string of the molecule is Cl.NCc1nc(C(=O)NCCCNC(=O)c2cccc(Br)c2)cs1. The van der Waals surface area contributed by atoms with Crippen LogP contribution < -0.4 is 16.4 Å². The third-order valence-corrected chi connectivity index (χ3v) is 4.33. The number of carbonyl (C=O) groups is 2. The van der Waals surface area contributed by atoms with Gasteiger partial charge in [-0.1, -0.05) is 22.0 Å². The minimum atomic E-state index is -0.223. The van der Waals surface area contributed by atoms with E-state index in [2.05, 4.69) is 31.5 Å². The Balaban J connectivity index is 0.00000288. The third kappa shape index (κ3) is 6.20. The quantitative estimate of drug-likeness (QED) is 0.584. The summed E-state index contributed by atoms with van der Waals surface area (Å²) in [5.41, 5.74) is 6.44. The zero-order valence-electron chi connectivity index (χ0n) is 12.8. The van der Waals surface area contributed by atoms with Crippen LogP contribution in [0.3, 0.4) is 0 Å². The largest absolute Gasteiger partial charge is 0.352 e. The van der Waals surface area contributed by atoms with Crippen molar-refractivity contribution < 1.29 is 9.59 Å². The Hall–Kier alpha value is -1.48. The second-order valence-electron chi connectivity index (χ2n) is 4.71. The minimum absolute atomic E-state index is 0. The average Bonchev–Trinajstić information content (AvgIpc) is 3.03. The molecule has 0 aliphatic carbocycles. The fourth-order valence-corrected chi connectivity index (χ4v) is 2.88. The highest BCUT2D eigenvalue weighted by Gasteiger charge is 2.09. The second-order valence-corrected chi connectivity index (χ2v) is 6.56. The lowest BCUT2D eigenvalue weighted by molar-refractivity contribution is 0.0948. The summed E-state index contributed by atoms with van der Waals surface area (Å²) in [5, 5.41) is 8.00. The third-order valence-electron chi connectivity index (χ3n) is 2.97. The number of halogens is 2. The highest BCUT2D eigenvalue weighted by atomic mass is 79.9. The molecule has 130 valence electrons. The molecule has 0 saturated carbocycles. The zero-order valence-corrected chi connectivity index (χ0v) is 16.0. The molecule has 0 aliphatic rings. The van der Waals surface area contributed by atoms with Gasteiger partial charge in [-0.2, -0.15) is 0 Å². The van der Waals surface area contributed by atoms with Crippen LogP contribution in [0.4, 0.5) is 0 Å². The smallest absolute Gasteiger partial charge is 0.270 e. The first kappa shape index (κ1) is 20.6. The molecular formula is C15H18BrClN4O2S. The van der Waals surface area contributed by atoms with E-state index in [1.165, 1.54) is 11.3 Å². The summed E-state index contributed by atoms with van der Waals surface area (Å²) in [6.45, 7) is 1.28. The van der Waals surface area contributed by atoms with Crippen LogP contribution in [-0.2, 0) is 6.54 Å². The van der Waals surface area contributed by atoms with Gasteiger partial charge in [-0.3, -0.25) is 9.59 Å². The molecule has 1 aromatic heterocycles. The lowest BCUT2D eigenvalue weighted by atomic mass is 10.2. The van der Waals surface area contributed by atoms with E-state index in [4.69, 9.17) is 5.73 Å². The molecule has 0 radical (unpaired) electrons. The summed E-state index contributed by atoms with van der Waals surface area (Å²) < 4.78 is 0.859. The van der Waals surface area contributed by atoms with Gasteiger partial charge < -0.3 is 16.4 Å². The Morgan fingerprint density at radius 1 is 1.21 bits per heavy atom. The fourth-order valence-electron chi connectivity index (χ4n) is 1.82. The highest BCUT2D eigenvalue weighted by Crippen LogP contribution is 2.11. The number of nitrogens with one attached hydrogen (secondary N) is 2. The highest BCUT2D eigenvalue weighted by molar-refractivity contribution is 9.10. The Bertz CT molecular complexity index is 696. The van der Waals surface area contributed by atoms with Gasteiger partial charge in [-0.05, 0) is 24.6 Å². The van der Waals surface area contributed by atoms with Gasteiger partial charge in [0.25, 0.3) is 11.8 Å². The molecule has 2 aromatic rings. The molecule has 0 aliphatic heterocycles. The molecule has 0 atom stereocenters. The van der Waals surface area contributed by atoms with Gasteiger partial charge in [0, 0.05) is 35.1 Å². The van der Waals surface area contributed by atoms with Gasteiger partial charge in [0.05, 0.1) is 0 Å². The van der Waals surface area contributed by atoms with Gasteiger partial charge in [0.15, 0.2) is 0 Å². The van der Waals surface area contributed by atoms with E-state index in [1.54, 1.807) is 17.5 Å². The van der Waals surface area contributed by atoms with Crippen molar-refractivity contribution in [2.75, 3.05) is 13.1 Å². The van der Waals surface area contributed by atoms with Crippen LogP contribution in [0.2, 0.25) is 0 Å². The fraction of sp³-hybridized carbons (Fsp3) is 0.267. The van der Waals surface area contributed by atoms with E-state index in [1.807, 2.05) is 12.1 Å². The number of thiazole rings is 1. The van der Waals surface area contributed by atoms with Crippen LogP contribution in [0.15, 0.2) is 34.1 Å². The second kappa shape index (κ2) is 10.4. The number of benzene rings is 1. The van der Waals surface area contributed by atoms with Crippen LogP contribution in [-0.4, -0.2) is 29.9 Å². The van der Waals surface area contributed by atoms with Crippen molar-refractivity contribution in [3.63, 3.8) is 0 Å². The van der Waals surface area contributed by atoms with Crippen molar-refractivity contribution in [1.29, 1.82) is 0 Å². The number of rotatable bonds is 7. The van der Waals surface area contributed by atoms with Crippen molar-refractivity contribution in [3.8, 4) is 0 Å².